The summed E-state index contributed by atoms with van der Waals surface area (Å²) in [7, 11) is 0. The molecule has 2 atom stereocenters. The van der Waals surface area contributed by atoms with Crippen LogP contribution in [0.3, 0.4) is 0 Å². The fourth-order valence-electron chi connectivity index (χ4n) is 6.01. The van der Waals surface area contributed by atoms with Crippen molar-refractivity contribution in [1.82, 2.24) is 19.0 Å². The molecule has 3 aliphatic rings. The third kappa shape index (κ3) is 3.30. The minimum atomic E-state index is -4.47. The number of halogens is 3. The predicted octanol–water partition coefficient (Wildman–Crippen LogP) is 3.95. The van der Waals surface area contributed by atoms with Gasteiger partial charge >= 0.3 is 6.18 Å². The van der Waals surface area contributed by atoms with Crippen LogP contribution in [0.4, 0.5) is 13.2 Å². The highest BCUT2D eigenvalue weighted by molar-refractivity contribution is 5.93. The molecule has 1 unspecified atom stereocenters. The lowest BCUT2D eigenvalue weighted by molar-refractivity contribution is -0.137. The normalized spacial score (nSPS) is 24.0. The molecule has 1 saturated carbocycles. The molecule has 188 valence electrons. The summed E-state index contributed by atoms with van der Waals surface area (Å²) in [6, 6.07) is 6.85. The Bertz CT molecular complexity index is 1470. The first-order chi connectivity index (χ1) is 16.9. The molecule has 0 bridgehead atoms. The highest BCUT2D eigenvalue weighted by atomic mass is 19.4. The number of aryl methyl sites for hydroxylation is 1. The van der Waals surface area contributed by atoms with Crippen LogP contribution in [-0.2, 0) is 18.1 Å². The van der Waals surface area contributed by atoms with Gasteiger partial charge in [-0.2, -0.15) is 13.2 Å². The van der Waals surface area contributed by atoms with Crippen LogP contribution in [0.25, 0.3) is 5.69 Å². The molecule has 1 fully saturated rings. The van der Waals surface area contributed by atoms with E-state index in [4.69, 9.17) is 4.74 Å². The summed E-state index contributed by atoms with van der Waals surface area (Å²) in [4.78, 5) is 32.5. The third-order valence-corrected chi connectivity index (χ3v) is 7.85. The number of carbonyl (C=O) groups excluding carboxylic acids is 1. The number of amides is 1. The number of benzene rings is 1. The van der Waals surface area contributed by atoms with Crippen molar-refractivity contribution in [1.29, 1.82) is 0 Å². The summed E-state index contributed by atoms with van der Waals surface area (Å²) in [5.41, 5.74) is -0.249. The van der Waals surface area contributed by atoms with Crippen molar-refractivity contribution in [3.63, 3.8) is 0 Å². The highest BCUT2D eigenvalue weighted by Gasteiger charge is 2.67. The zero-order valence-corrected chi connectivity index (χ0v) is 20.1. The Hall–Kier alpha value is -3.56. The molecule has 2 aliphatic heterocycles. The molecule has 2 aromatic heterocycles. The van der Waals surface area contributed by atoms with E-state index in [1.165, 1.54) is 16.7 Å². The van der Waals surface area contributed by atoms with E-state index in [9.17, 15) is 22.8 Å². The Kier molecular flexibility index (Phi) is 4.60. The Morgan fingerprint density at radius 2 is 1.92 bits per heavy atom. The topological polar surface area (TPSA) is 69.4 Å². The average Bonchev–Trinajstić information content (AvgIpc) is 3.41. The maximum absolute atomic E-state index is 13.5. The molecule has 0 saturated heterocycles. The fraction of sp³-hybridized carbons (Fsp3) is 0.423. The van der Waals surface area contributed by atoms with E-state index in [-0.39, 0.29) is 29.6 Å². The molecule has 0 radical (unpaired) electrons. The summed E-state index contributed by atoms with van der Waals surface area (Å²) in [6.45, 7) is 6.57. The van der Waals surface area contributed by atoms with Crippen LogP contribution in [0, 0.1) is 12.8 Å². The first-order valence-corrected chi connectivity index (χ1v) is 11.9. The van der Waals surface area contributed by atoms with Gasteiger partial charge in [0.2, 0.25) is 0 Å². The quantitative estimate of drug-likeness (QED) is 0.549. The van der Waals surface area contributed by atoms with E-state index in [1.807, 2.05) is 20.8 Å². The summed E-state index contributed by atoms with van der Waals surface area (Å²) in [5.74, 6) is 0.109. The number of carbonyl (C=O) groups is 1. The van der Waals surface area contributed by atoms with Gasteiger partial charge in [0.1, 0.15) is 22.7 Å². The van der Waals surface area contributed by atoms with E-state index in [1.54, 1.807) is 34.1 Å². The molecule has 4 heterocycles. The Morgan fingerprint density at radius 3 is 2.61 bits per heavy atom. The molecule has 36 heavy (non-hydrogen) atoms. The zero-order chi connectivity index (χ0) is 25.6. The van der Waals surface area contributed by atoms with E-state index < -0.39 is 22.8 Å². The first-order valence-electron chi connectivity index (χ1n) is 11.9. The Morgan fingerprint density at radius 1 is 1.14 bits per heavy atom. The third-order valence-electron chi connectivity index (χ3n) is 7.85. The Balaban J connectivity index is 1.35. The van der Waals surface area contributed by atoms with Gasteiger partial charge in [-0.1, -0.05) is 0 Å². The van der Waals surface area contributed by atoms with Crippen LogP contribution in [0.5, 0.6) is 5.75 Å². The number of fused-ring (bicyclic) bond motifs is 4. The summed E-state index contributed by atoms with van der Waals surface area (Å²) in [6.07, 6.45) is -0.543. The number of rotatable bonds is 3. The second-order valence-corrected chi connectivity index (χ2v) is 10.5. The molecule has 10 heteroatoms. The summed E-state index contributed by atoms with van der Waals surface area (Å²) in [5, 5.41) is 0. The van der Waals surface area contributed by atoms with Gasteiger partial charge in [-0.15, -0.1) is 0 Å². The second kappa shape index (κ2) is 7.24. The molecule has 0 spiro atoms. The summed E-state index contributed by atoms with van der Waals surface area (Å²) < 4.78 is 49.7. The van der Waals surface area contributed by atoms with Gasteiger partial charge in [0.05, 0.1) is 17.6 Å². The monoisotopic (exact) mass is 498 g/mol. The maximum atomic E-state index is 13.5. The van der Waals surface area contributed by atoms with E-state index >= 15 is 0 Å². The number of pyridine rings is 1. The lowest BCUT2D eigenvalue weighted by Crippen LogP contribution is -2.50. The molecule has 1 aliphatic carbocycles. The van der Waals surface area contributed by atoms with E-state index in [0.717, 1.165) is 11.8 Å². The smallest absolute Gasteiger partial charge is 0.416 e. The molecule has 7 nitrogen and oxygen atoms in total. The van der Waals surface area contributed by atoms with Gasteiger partial charge < -0.3 is 18.8 Å². The molecule has 6 rings (SSSR count). The second-order valence-electron chi connectivity index (χ2n) is 10.5. The zero-order valence-electron chi connectivity index (χ0n) is 20.1. The molecule has 3 aromatic rings. The first kappa shape index (κ1) is 22.9. The van der Waals surface area contributed by atoms with Crippen LogP contribution in [0.2, 0.25) is 0 Å². The van der Waals surface area contributed by atoms with Crippen molar-refractivity contribution < 1.29 is 22.7 Å². The van der Waals surface area contributed by atoms with Crippen LogP contribution < -0.4 is 10.3 Å². The van der Waals surface area contributed by atoms with Crippen molar-refractivity contribution in [2.75, 3.05) is 13.1 Å². The van der Waals surface area contributed by atoms with Crippen molar-refractivity contribution in [2.45, 2.75) is 50.9 Å². The number of alkyl halides is 3. The standard InChI is InChI=1S/C26H25F3N4O3/c1-15-12-32(14-30-15)18-5-6-19-22(34)31(8-9-33(19)23(18)35)13-25-11-21(25)24(2,3)36-20-7-4-16(10-17(20)25)26(27,28)29/h4-7,10,12,14,21H,8-9,11,13H2,1-3H3/t21-,25?/m1/s1. The predicted molar refractivity (Wildman–Crippen MR) is 124 cm³/mol. The number of aromatic nitrogens is 3. The van der Waals surface area contributed by atoms with Gasteiger partial charge in [-0.25, -0.2) is 4.98 Å². The van der Waals surface area contributed by atoms with Crippen molar-refractivity contribution >= 4 is 5.91 Å². The van der Waals surface area contributed by atoms with Gasteiger partial charge in [-0.3, -0.25) is 9.59 Å². The largest absolute Gasteiger partial charge is 0.487 e. The fourth-order valence-corrected chi connectivity index (χ4v) is 6.01. The van der Waals surface area contributed by atoms with Crippen LogP contribution >= 0.6 is 0 Å². The average molecular weight is 499 g/mol. The number of ether oxygens (including phenoxy) is 1. The van der Waals surface area contributed by atoms with Crippen molar-refractivity contribution in [3.05, 3.63) is 75.7 Å². The van der Waals surface area contributed by atoms with Gasteiger partial charge in [0, 0.05) is 42.7 Å². The van der Waals surface area contributed by atoms with Crippen molar-refractivity contribution in [3.8, 4) is 11.4 Å². The van der Waals surface area contributed by atoms with Gasteiger partial charge in [0.15, 0.2) is 0 Å². The lowest BCUT2D eigenvalue weighted by atomic mass is 9.82. The van der Waals surface area contributed by atoms with Gasteiger partial charge in [0.25, 0.3) is 11.5 Å². The van der Waals surface area contributed by atoms with E-state index in [0.29, 0.717) is 36.5 Å². The van der Waals surface area contributed by atoms with E-state index in [2.05, 4.69) is 4.98 Å². The van der Waals surface area contributed by atoms with Crippen LogP contribution in [-0.4, -0.2) is 43.6 Å². The number of hydrogen-bond donors (Lipinski definition) is 0. The summed E-state index contributed by atoms with van der Waals surface area (Å²) >= 11 is 0. The van der Waals surface area contributed by atoms with Crippen molar-refractivity contribution in [2.24, 2.45) is 5.92 Å². The molecule has 1 aromatic carbocycles. The SMILES string of the molecule is Cc1cn(-c2ccc3n(c2=O)CCN(CC24C[C@@H]2C(C)(C)Oc2ccc(C(F)(F)F)cc24)C3=O)cn1. The molecular formula is C26H25F3N4O3. The lowest BCUT2D eigenvalue weighted by Gasteiger charge is -2.40. The maximum Gasteiger partial charge on any atom is 0.416 e. The molecule has 0 N–H and O–H groups in total. The minimum Gasteiger partial charge on any atom is -0.487 e. The Labute approximate surface area is 205 Å². The van der Waals surface area contributed by atoms with Crippen LogP contribution in [0.1, 0.15) is 47.6 Å². The minimum absolute atomic E-state index is 0.0234. The molecular weight excluding hydrogens is 473 g/mol. The highest BCUT2D eigenvalue weighted by Crippen LogP contribution is 2.65. The number of hydrogen-bond acceptors (Lipinski definition) is 4. The van der Waals surface area contributed by atoms with Crippen LogP contribution in [0.15, 0.2) is 47.7 Å². The number of nitrogens with zero attached hydrogens (tertiary/aromatic N) is 4. The van der Waals surface area contributed by atoms with Gasteiger partial charge in [-0.05, 0) is 57.5 Å². The number of imidazole rings is 1. The molecule has 1 amide bonds.